The van der Waals surface area contributed by atoms with Crippen molar-refractivity contribution in [1.29, 1.82) is 0 Å². The summed E-state index contributed by atoms with van der Waals surface area (Å²) in [5.74, 6) is 0. The van der Waals surface area contributed by atoms with Crippen molar-refractivity contribution in [2.45, 2.75) is 0 Å². The van der Waals surface area contributed by atoms with Crippen LogP contribution in [0.4, 0.5) is 11.4 Å². The summed E-state index contributed by atoms with van der Waals surface area (Å²) in [7, 11) is 0. The molecule has 0 amide bonds. The van der Waals surface area contributed by atoms with E-state index in [4.69, 9.17) is 18.5 Å². The van der Waals surface area contributed by atoms with Crippen LogP contribution >= 0.6 is 0 Å². The molecule has 1 fully saturated rings. The van der Waals surface area contributed by atoms with Crippen molar-refractivity contribution < 1.29 is 0 Å². The molecule has 0 aromatic heterocycles. The lowest BCUT2D eigenvalue weighted by Crippen LogP contribution is -2.43. The first kappa shape index (κ1) is 9.68. The maximum absolute atomic E-state index is 5.63. The largest absolute Gasteiger partial charge is 0.702 e. The van der Waals surface area contributed by atoms with Crippen LogP contribution in [0, 0.1) is 0 Å². The molecule has 1 heterocycles. The molecule has 4 heteroatoms. The third-order valence-corrected chi connectivity index (χ3v) is 2.86. The van der Waals surface area contributed by atoms with Crippen molar-refractivity contribution >= 4 is 24.2 Å². The standard InChI is InChI=1S/C10H14N3S/c11-9-1-3-10(4-2-9)12-5-7-13(14)8-6-12/h1-4H,5-8,11H2/q-1. The molecule has 1 aliphatic heterocycles. The Bertz CT molecular complexity index is 291. The van der Waals surface area contributed by atoms with Gasteiger partial charge in [-0.15, -0.1) is 0 Å². The second-order valence-electron chi connectivity index (χ2n) is 3.51. The Kier molecular flexibility index (Phi) is 2.84. The van der Waals surface area contributed by atoms with E-state index in [1.54, 1.807) is 0 Å². The first-order valence-electron chi connectivity index (χ1n) is 4.78. The van der Waals surface area contributed by atoms with Gasteiger partial charge in [0, 0.05) is 24.5 Å². The second kappa shape index (κ2) is 4.11. The molecule has 0 spiro atoms. The lowest BCUT2D eigenvalue weighted by Gasteiger charge is -2.40. The maximum Gasteiger partial charge on any atom is 0.0368 e. The van der Waals surface area contributed by atoms with Crippen molar-refractivity contribution in [2.24, 2.45) is 0 Å². The fourth-order valence-electron chi connectivity index (χ4n) is 1.63. The molecule has 0 bridgehead atoms. The van der Waals surface area contributed by atoms with Gasteiger partial charge in [-0.25, -0.2) is 0 Å². The molecule has 0 unspecified atom stereocenters. The smallest absolute Gasteiger partial charge is 0.0368 e. The fraction of sp³-hybridized carbons (Fsp3) is 0.400. The number of rotatable bonds is 1. The van der Waals surface area contributed by atoms with E-state index in [0.29, 0.717) is 0 Å². The molecular weight excluding hydrogens is 194 g/mol. The first-order chi connectivity index (χ1) is 6.75. The van der Waals surface area contributed by atoms with Gasteiger partial charge in [0.25, 0.3) is 0 Å². The molecule has 0 atom stereocenters. The average molecular weight is 208 g/mol. The van der Waals surface area contributed by atoms with Crippen molar-refractivity contribution in [3.05, 3.63) is 24.3 Å². The van der Waals surface area contributed by atoms with Crippen LogP contribution in [0.5, 0.6) is 0 Å². The van der Waals surface area contributed by atoms with Gasteiger partial charge in [0.05, 0.1) is 0 Å². The molecule has 14 heavy (non-hydrogen) atoms. The fourth-order valence-corrected chi connectivity index (χ4v) is 1.79. The van der Waals surface area contributed by atoms with Gasteiger partial charge in [-0.2, -0.15) is 0 Å². The zero-order valence-electron chi connectivity index (χ0n) is 8.02. The lowest BCUT2D eigenvalue weighted by atomic mass is 10.2. The Morgan fingerprint density at radius 3 is 2.14 bits per heavy atom. The molecule has 1 aromatic carbocycles. The summed E-state index contributed by atoms with van der Waals surface area (Å²) in [5, 5.41) is 0. The summed E-state index contributed by atoms with van der Waals surface area (Å²) in [6.07, 6.45) is 0. The van der Waals surface area contributed by atoms with Crippen molar-refractivity contribution in [1.82, 2.24) is 4.31 Å². The molecule has 1 saturated heterocycles. The minimum absolute atomic E-state index is 0.815. The number of anilines is 2. The van der Waals surface area contributed by atoms with Gasteiger partial charge >= 0.3 is 0 Å². The molecule has 1 aromatic rings. The predicted molar refractivity (Wildman–Crippen MR) is 62.0 cm³/mol. The molecule has 0 aliphatic carbocycles. The van der Waals surface area contributed by atoms with E-state index in [-0.39, 0.29) is 0 Å². The van der Waals surface area contributed by atoms with Gasteiger partial charge in [-0.05, 0) is 37.4 Å². The van der Waals surface area contributed by atoms with E-state index in [0.717, 1.165) is 31.9 Å². The Morgan fingerprint density at radius 2 is 1.57 bits per heavy atom. The minimum Gasteiger partial charge on any atom is -0.702 e. The van der Waals surface area contributed by atoms with Crippen LogP contribution in [0.15, 0.2) is 24.3 Å². The van der Waals surface area contributed by atoms with Crippen LogP contribution in [0.2, 0.25) is 0 Å². The number of benzene rings is 1. The summed E-state index contributed by atoms with van der Waals surface area (Å²) >= 11 is 5.10. The molecule has 76 valence electrons. The van der Waals surface area contributed by atoms with Gasteiger partial charge in [-0.1, -0.05) is 0 Å². The highest BCUT2D eigenvalue weighted by Crippen LogP contribution is 2.17. The molecule has 3 nitrogen and oxygen atoms in total. The van der Waals surface area contributed by atoms with Crippen LogP contribution < -0.4 is 10.6 Å². The van der Waals surface area contributed by atoms with E-state index in [1.165, 1.54) is 5.69 Å². The Hall–Kier alpha value is -0.870. The van der Waals surface area contributed by atoms with Crippen LogP contribution in [0.1, 0.15) is 0 Å². The number of nitrogen functional groups attached to an aromatic ring is 1. The summed E-state index contributed by atoms with van der Waals surface area (Å²) in [4.78, 5) is 2.34. The van der Waals surface area contributed by atoms with Gasteiger partial charge in [0.15, 0.2) is 0 Å². The van der Waals surface area contributed by atoms with E-state index in [1.807, 2.05) is 16.4 Å². The maximum atomic E-state index is 5.63. The zero-order valence-corrected chi connectivity index (χ0v) is 8.83. The number of hydrogen-bond donors (Lipinski definition) is 1. The van der Waals surface area contributed by atoms with E-state index < -0.39 is 0 Å². The molecule has 2 rings (SSSR count). The third kappa shape index (κ3) is 2.13. The minimum atomic E-state index is 0.815. The van der Waals surface area contributed by atoms with Gasteiger partial charge in [0.1, 0.15) is 0 Å². The average Bonchev–Trinajstić information content (AvgIpc) is 2.21. The molecular formula is C10H14N3S-. The predicted octanol–water partition coefficient (Wildman–Crippen LogP) is 0.853. The van der Waals surface area contributed by atoms with Crippen LogP contribution in [-0.2, 0) is 12.8 Å². The summed E-state index contributed by atoms with van der Waals surface area (Å²) in [5.41, 5.74) is 7.69. The quantitative estimate of drug-likeness (QED) is 0.548. The van der Waals surface area contributed by atoms with Crippen LogP contribution in [0.3, 0.4) is 0 Å². The molecule has 0 saturated carbocycles. The van der Waals surface area contributed by atoms with E-state index >= 15 is 0 Å². The number of hydrogen-bond acceptors (Lipinski definition) is 4. The highest BCUT2D eigenvalue weighted by molar-refractivity contribution is 7.55. The van der Waals surface area contributed by atoms with Crippen LogP contribution in [-0.4, -0.2) is 30.5 Å². The van der Waals surface area contributed by atoms with Crippen molar-refractivity contribution in [3.8, 4) is 0 Å². The number of nitrogens with zero attached hydrogens (tertiary/aromatic N) is 2. The highest BCUT2D eigenvalue weighted by atomic mass is 32.1. The zero-order chi connectivity index (χ0) is 9.97. The summed E-state index contributed by atoms with van der Waals surface area (Å²) < 4.78 is 1.94. The van der Waals surface area contributed by atoms with Crippen LogP contribution in [0.25, 0.3) is 0 Å². The van der Waals surface area contributed by atoms with E-state index in [2.05, 4.69) is 17.0 Å². The van der Waals surface area contributed by atoms with Gasteiger partial charge < -0.3 is 27.8 Å². The highest BCUT2D eigenvalue weighted by Gasteiger charge is 2.10. The molecule has 2 N–H and O–H groups in total. The third-order valence-electron chi connectivity index (χ3n) is 2.50. The summed E-state index contributed by atoms with van der Waals surface area (Å²) in [6.45, 7) is 3.93. The first-order valence-corrected chi connectivity index (χ1v) is 5.15. The molecule has 0 radical (unpaired) electrons. The summed E-state index contributed by atoms with van der Waals surface area (Å²) in [6, 6.07) is 8.01. The topological polar surface area (TPSA) is 32.5 Å². The Morgan fingerprint density at radius 1 is 1.00 bits per heavy atom. The monoisotopic (exact) mass is 208 g/mol. The van der Waals surface area contributed by atoms with E-state index in [9.17, 15) is 0 Å². The SMILES string of the molecule is Nc1ccc(N2CCN([S-])CC2)cc1. The van der Waals surface area contributed by atoms with Crippen molar-refractivity contribution in [2.75, 3.05) is 36.8 Å². The Labute approximate surface area is 90.0 Å². The molecule has 1 aliphatic rings. The number of nitrogens with two attached hydrogens (primary N) is 1. The van der Waals surface area contributed by atoms with Gasteiger partial charge in [-0.3, -0.25) is 0 Å². The Balaban J connectivity index is 2.05. The van der Waals surface area contributed by atoms with Gasteiger partial charge in [0.2, 0.25) is 0 Å². The normalized spacial score (nSPS) is 18.5. The lowest BCUT2D eigenvalue weighted by molar-refractivity contribution is 0.433. The second-order valence-corrected chi connectivity index (χ2v) is 4.02. The van der Waals surface area contributed by atoms with Crippen molar-refractivity contribution in [3.63, 3.8) is 0 Å². The number of piperazine rings is 1.